The fraction of sp³-hybridized carbons (Fsp3) is 0.467. The first kappa shape index (κ1) is 27.1. The number of aryl methyl sites for hydroxylation is 1. The maximum absolute atomic E-state index is 12.7. The summed E-state index contributed by atoms with van der Waals surface area (Å²) in [7, 11) is 1.72. The van der Waals surface area contributed by atoms with E-state index in [9.17, 15) is 9.59 Å². The van der Waals surface area contributed by atoms with Crippen LogP contribution in [0.5, 0.6) is 5.75 Å². The van der Waals surface area contributed by atoms with Gasteiger partial charge in [0.25, 0.3) is 5.91 Å². The number of furan rings is 1. The molecule has 1 aliphatic carbocycles. The highest BCUT2D eigenvalue weighted by atomic mass is 32.2. The first-order valence-electron chi connectivity index (χ1n) is 13.2. The molecular weight excluding hydrogens is 484 g/mol. The Morgan fingerprint density at radius 2 is 1.95 bits per heavy atom. The molecule has 7 heteroatoms. The van der Waals surface area contributed by atoms with Crippen LogP contribution >= 0.6 is 11.8 Å². The van der Waals surface area contributed by atoms with Crippen LogP contribution in [-0.2, 0) is 4.79 Å². The molecule has 1 N–H and O–H groups in total. The highest BCUT2D eigenvalue weighted by Crippen LogP contribution is 2.41. The molecule has 1 saturated carbocycles. The van der Waals surface area contributed by atoms with Crippen molar-refractivity contribution in [1.29, 1.82) is 0 Å². The quantitative estimate of drug-likeness (QED) is 0.207. The van der Waals surface area contributed by atoms with Gasteiger partial charge in [0.2, 0.25) is 0 Å². The van der Waals surface area contributed by atoms with Gasteiger partial charge in [0.1, 0.15) is 23.4 Å². The van der Waals surface area contributed by atoms with E-state index in [2.05, 4.69) is 24.6 Å². The Morgan fingerprint density at radius 3 is 2.65 bits per heavy atom. The summed E-state index contributed by atoms with van der Waals surface area (Å²) in [6.45, 7) is 3.25. The first-order chi connectivity index (χ1) is 18.0. The lowest BCUT2D eigenvalue weighted by Gasteiger charge is -2.31. The number of aldehydes is 1. The van der Waals surface area contributed by atoms with Crippen molar-refractivity contribution in [1.82, 2.24) is 4.90 Å². The summed E-state index contributed by atoms with van der Waals surface area (Å²) >= 11 is 1.77. The number of benzene rings is 2. The van der Waals surface area contributed by atoms with Crippen LogP contribution in [0.1, 0.15) is 66.2 Å². The van der Waals surface area contributed by atoms with E-state index in [1.165, 1.54) is 19.3 Å². The summed E-state index contributed by atoms with van der Waals surface area (Å²) in [6, 6.07) is 13.8. The SMILES string of the molecule is CSCCOc1ccc2oc(C(Nc3ccc(C(=O)N(C)CCC=O)cc3)C3CCCCC3)c(C)c2c1. The predicted octanol–water partition coefficient (Wildman–Crippen LogP) is 6.88. The second-order valence-corrected chi connectivity index (χ2v) is 10.9. The van der Waals surface area contributed by atoms with E-state index in [1.54, 1.807) is 23.7 Å². The average molecular weight is 523 g/mol. The molecule has 6 nitrogen and oxygen atoms in total. The molecule has 37 heavy (non-hydrogen) atoms. The molecule has 1 heterocycles. The van der Waals surface area contributed by atoms with E-state index in [0.717, 1.165) is 58.6 Å². The Bertz CT molecular complexity index is 1180. The monoisotopic (exact) mass is 522 g/mol. The van der Waals surface area contributed by atoms with Crippen molar-refractivity contribution in [2.45, 2.75) is 51.5 Å². The summed E-state index contributed by atoms with van der Waals surface area (Å²) in [4.78, 5) is 24.9. The average Bonchev–Trinajstić information content (AvgIpc) is 3.26. The molecule has 1 amide bonds. The number of nitrogens with zero attached hydrogens (tertiary/aromatic N) is 1. The molecule has 198 valence electrons. The maximum atomic E-state index is 12.7. The second-order valence-electron chi connectivity index (χ2n) is 9.87. The van der Waals surface area contributed by atoms with Gasteiger partial charge in [0.05, 0.1) is 12.6 Å². The topological polar surface area (TPSA) is 71.8 Å². The van der Waals surface area contributed by atoms with Crippen LogP contribution in [0.4, 0.5) is 5.69 Å². The van der Waals surface area contributed by atoms with Gasteiger partial charge in [-0.15, -0.1) is 0 Å². The number of amides is 1. The van der Waals surface area contributed by atoms with Gasteiger partial charge in [-0.2, -0.15) is 11.8 Å². The number of anilines is 1. The Balaban J connectivity index is 1.58. The molecule has 1 fully saturated rings. The molecule has 3 aromatic rings. The van der Waals surface area contributed by atoms with Gasteiger partial charge in [-0.05, 0) is 74.4 Å². The van der Waals surface area contributed by atoms with Crippen LogP contribution in [0.2, 0.25) is 0 Å². The minimum atomic E-state index is -0.0825. The van der Waals surface area contributed by atoms with Gasteiger partial charge in [-0.1, -0.05) is 19.3 Å². The molecule has 0 bridgehead atoms. The summed E-state index contributed by atoms with van der Waals surface area (Å²) in [5.41, 5.74) is 3.61. The smallest absolute Gasteiger partial charge is 0.253 e. The van der Waals surface area contributed by atoms with Crippen LogP contribution in [0.15, 0.2) is 46.9 Å². The van der Waals surface area contributed by atoms with Crippen molar-refractivity contribution in [2.24, 2.45) is 5.92 Å². The molecule has 0 radical (unpaired) electrons. The molecule has 1 unspecified atom stereocenters. The highest BCUT2D eigenvalue weighted by molar-refractivity contribution is 7.98. The summed E-state index contributed by atoms with van der Waals surface area (Å²) < 4.78 is 12.4. The fourth-order valence-electron chi connectivity index (χ4n) is 5.17. The van der Waals surface area contributed by atoms with Crippen molar-refractivity contribution in [3.63, 3.8) is 0 Å². The van der Waals surface area contributed by atoms with Gasteiger partial charge in [0.15, 0.2) is 0 Å². The Kier molecular flexibility index (Phi) is 9.56. The normalized spacial score (nSPS) is 14.9. The molecule has 1 atom stereocenters. The number of rotatable bonds is 12. The van der Waals surface area contributed by atoms with Gasteiger partial charge < -0.3 is 24.2 Å². The van der Waals surface area contributed by atoms with E-state index in [0.29, 0.717) is 31.1 Å². The second kappa shape index (κ2) is 13.0. The third-order valence-electron chi connectivity index (χ3n) is 7.29. The molecule has 4 rings (SSSR count). The first-order valence-corrected chi connectivity index (χ1v) is 14.6. The molecular formula is C30H38N2O4S. The Hall–Kier alpha value is -2.93. The summed E-state index contributed by atoms with van der Waals surface area (Å²) in [5, 5.41) is 4.85. The third-order valence-corrected chi connectivity index (χ3v) is 7.86. The van der Waals surface area contributed by atoms with Crippen molar-refractivity contribution in [2.75, 3.05) is 37.5 Å². The minimum Gasteiger partial charge on any atom is -0.493 e. The van der Waals surface area contributed by atoms with E-state index in [4.69, 9.17) is 9.15 Å². The van der Waals surface area contributed by atoms with Crippen molar-refractivity contribution in [3.05, 3.63) is 59.4 Å². The maximum Gasteiger partial charge on any atom is 0.253 e. The fourth-order valence-corrected chi connectivity index (χ4v) is 5.42. The van der Waals surface area contributed by atoms with Crippen molar-refractivity contribution in [3.8, 4) is 5.75 Å². The van der Waals surface area contributed by atoms with Crippen molar-refractivity contribution >= 4 is 40.6 Å². The number of fused-ring (bicyclic) bond motifs is 1. The van der Waals surface area contributed by atoms with E-state index < -0.39 is 0 Å². The van der Waals surface area contributed by atoms with Crippen molar-refractivity contribution < 1.29 is 18.7 Å². The van der Waals surface area contributed by atoms with E-state index in [1.807, 2.05) is 36.4 Å². The zero-order chi connectivity index (χ0) is 26.2. The van der Waals surface area contributed by atoms with Crippen LogP contribution in [0, 0.1) is 12.8 Å². The van der Waals surface area contributed by atoms with Crippen LogP contribution in [-0.4, -0.2) is 49.3 Å². The number of hydrogen-bond donors (Lipinski definition) is 1. The Labute approximate surface area is 224 Å². The predicted molar refractivity (Wildman–Crippen MR) is 152 cm³/mol. The molecule has 0 saturated heterocycles. The number of thioether (sulfide) groups is 1. The lowest BCUT2D eigenvalue weighted by atomic mass is 9.82. The van der Waals surface area contributed by atoms with Gasteiger partial charge >= 0.3 is 0 Å². The molecule has 2 aromatic carbocycles. The number of hydrogen-bond acceptors (Lipinski definition) is 6. The van der Waals surface area contributed by atoms with Gasteiger partial charge in [-0.3, -0.25) is 4.79 Å². The number of nitrogens with one attached hydrogen (secondary N) is 1. The molecule has 1 aromatic heterocycles. The lowest BCUT2D eigenvalue weighted by Crippen LogP contribution is -2.28. The number of carbonyl (C=O) groups is 2. The zero-order valence-electron chi connectivity index (χ0n) is 22.1. The van der Waals surface area contributed by atoms with Crippen LogP contribution in [0.3, 0.4) is 0 Å². The molecule has 1 aliphatic rings. The molecule has 0 aliphatic heterocycles. The number of ether oxygens (including phenoxy) is 1. The zero-order valence-corrected chi connectivity index (χ0v) is 22.9. The third kappa shape index (κ3) is 6.69. The van der Waals surface area contributed by atoms with E-state index in [-0.39, 0.29) is 11.9 Å². The summed E-state index contributed by atoms with van der Waals surface area (Å²) in [5.74, 6) is 3.21. The minimum absolute atomic E-state index is 0.0466. The van der Waals surface area contributed by atoms with Crippen LogP contribution < -0.4 is 10.1 Å². The number of carbonyl (C=O) groups excluding carboxylic acids is 2. The van der Waals surface area contributed by atoms with E-state index >= 15 is 0 Å². The summed E-state index contributed by atoms with van der Waals surface area (Å²) in [6.07, 6.45) is 9.33. The largest absolute Gasteiger partial charge is 0.493 e. The standard InChI is InChI=1S/C30H38N2O4S/c1-21-26-20-25(35-18-19-37-3)14-15-27(26)36-29(21)28(22-8-5-4-6-9-22)31-24-12-10-23(11-13-24)30(34)32(2)16-7-17-33/h10-15,17,20,22,28,31H,4-9,16,18-19H2,1-3H3. The van der Waals surface area contributed by atoms with Gasteiger partial charge in [-0.25, -0.2) is 0 Å². The van der Waals surface area contributed by atoms with Crippen LogP contribution in [0.25, 0.3) is 11.0 Å². The Morgan fingerprint density at radius 1 is 1.19 bits per heavy atom. The van der Waals surface area contributed by atoms with Gasteiger partial charge in [0, 0.05) is 48.0 Å². The molecule has 0 spiro atoms. The highest BCUT2D eigenvalue weighted by Gasteiger charge is 2.30. The lowest BCUT2D eigenvalue weighted by molar-refractivity contribution is -0.108.